The smallest absolute Gasteiger partial charge is 0.115 e. The van der Waals surface area contributed by atoms with Crippen LogP contribution in [-0.2, 0) is 0 Å². The molecule has 2 heteroatoms. The van der Waals surface area contributed by atoms with Gasteiger partial charge in [-0.25, -0.2) is 0 Å². The molecule has 2 nitrogen and oxygen atoms in total. The molecule has 0 amide bonds. The predicted molar refractivity (Wildman–Crippen MR) is 118 cm³/mol. The van der Waals surface area contributed by atoms with Gasteiger partial charge < -0.3 is 10.0 Å². The molecule has 0 atom stereocenters. The molecule has 0 saturated carbocycles. The van der Waals surface area contributed by atoms with Crippen LogP contribution < -0.4 is 4.90 Å². The van der Waals surface area contributed by atoms with Crippen molar-refractivity contribution in [3.63, 3.8) is 0 Å². The average molecular weight is 361 g/mol. The first-order chi connectivity index (χ1) is 13.8. The molecule has 5 rings (SSSR count). The first kappa shape index (κ1) is 16.4. The number of phenolic OH excluding ortho intramolecular Hbond substituents is 1. The zero-order valence-corrected chi connectivity index (χ0v) is 15.3. The van der Waals surface area contributed by atoms with E-state index in [0.29, 0.717) is 0 Å². The molecular weight excluding hydrogens is 342 g/mol. The summed E-state index contributed by atoms with van der Waals surface area (Å²) >= 11 is 0. The highest BCUT2D eigenvalue weighted by molar-refractivity contribution is 6.04. The van der Waals surface area contributed by atoms with Crippen molar-refractivity contribution in [2.24, 2.45) is 0 Å². The highest BCUT2D eigenvalue weighted by atomic mass is 16.3. The van der Waals surface area contributed by atoms with Gasteiger partial charge in [0.2, 0.25) is 0 Å². The van der Waals surface area contributed by atoms with E-state index in [-0.39, 0.29) is 5.75 Å². The number of aromatic hydroxyl groups is 1. The summed E-state index contributed by atoms with van der Waals surface area (Å²) in [5.74, 6) is 0.263. The van der Waals surface area contributed by atoms with Crippen LogP contribution in [0.2, 0.25) is 0 Å². The molecule has 1 N–H and O–H groups in total. The average Bonchev–Trinajstić information content (AvgIpc) is 2.75. The Labute approximate surface area is 163 Å². The van der Waals surface area contributed by atoms with E-state index in [9.17, 15) is 5.11 Å². The van der Waals surface area contributed by atoms with Gasteiger partial charge in [-0.1, -0.05) is 72.8 Å². The van der Waals surface area contributed by atoms with Crippen molar-refractivity contribution in [2.75, 3.05) is 4.90 Å². The lowest BCUT2D eigenvalue weighted by atomic mass is 10.0. The Kier molecular flexibility index (Phi) is 3.95. The minimum absolute atomic E-state index is 0.263. The third kappa shape index (κ3) is 2.76. The van der Waals surface area contributed by atoms with Crippen molar-refractivity contribution < 1.29 is 5.11 Å². The number of rotatable bonds is 3. The second-order valence-corrected chi connectivity index (χ2v) is 6.85. The molecule has 0 aliphatic rings. The van der Waals surface area contributed by atoms with Gasteiger partial charge in [0, 0.05) is 16.5 Å². The Morgan fingerprint density at radius 3 is 1.46 bits per heavy atom. The van der Waals surface area contributed by atoms with Gasteiger partial charge in [0.05, 0.1) is 11.4 Å². The summed E-state index contributed by atoms with van der Waals surface area (Å²) in [6.45, 7) is 0. The Hall–Kier alpha value is -3.78. The quantitative estimate of drug-likeness (QED) is 0.368. The molecule has 0 radical (unpaired) electrons. The van der Waals surface area contributed by atoms with Crippen molar-refractivity contribution in [3.8, 4) is 5.75 Å². The summed E-state index contributed by atoms with van der Waals surface area (Å²) < 4.78 is 0. The SMILES string of the molecule is Oc1ccc(N(c2cccc3ccccc23)c2cccc3ccccc23)cc1. The van der Waals surface area contributed by atoms with Gasteiger partial charge in [-0.3, -0.25) is 0 Å². The molecule has 0 bridgehead atoms. The minimum atomic E-state index is 0.263. The van der Waals surface area contributed by atoms with Gasteiger partial charge in [-0.15, -0.1) is 0 Å². The maximum atomic E-state index is 9.80. The second kappa shape index (κ2) is 6.75. The fraction of sp³-hybridized carbons (Fsp3) is 0. The molecule has 0 unspecified atom stereocenters. The van der Waals surface area contributed by atoms with Gasteiger partial charge >= 0.3 is 0 Å². The van der Waals surface area contributed by atoms with Crippen LogP contribution in [0, 0.1) is 0 Å². The van der Waals surface area contributed by atoms with Crippen LogP contribution in [-0.4, -0.2) is 5.11 Å². The van der Waals surface area contributed by atoms with E-state index in [0.717, 1.165) is 17.1 Å². The molecule has 5 aromatic rings. The number of nitrogens with zero attached hydrogens (tertiary/aromatic N) is 1. The Morgan fingerprint density at radius 2 is 0.929 bits per heavy atom. The molecule has 0 aliphatic heterocycles. The Bertz CT molecular complexity index is 1180. The van der Waals surface area contributed by atoms with Gasteiger partial charge in [-0.05, 0) is 47.2 Å². The third-order valence-electron chi connectivity index (χ3n) is 5.12. The topological polar surface area (TPSA) is 23.5 Å². The molecule has 0 heterocycles. The zero-order valence-electron chi connectivity index (χ0n) is 15.3. The molecule has 0 aliphatic carbocycles. The summed E-state index contributed by atoms with van der Waals surface area (Å²) in [6.07, 6.45) is 0. The molecule has 0 saturated heterocycles. The fourth-order valence-corrected chi connectivity index (χ4v) is 3.82. The molecule has 28 heavy (non-hydrogen) atoms. The van der Waals surface area contributed by atoms with Crippen molar-refractivity contribution in [2.45, 2.75) is 0 Å². The summed E-state index contributed by atoms with van der Waals surface area (Å²) in [4.78, 5) is 2.27. The van der Waals surface area contributed by atoms with Crippen LogP contribution in [0.25, 0.3) is 21.5 Å². The number of anilines is 3. The number of hydrogen-bond donors (Lipinski definition) is 1. The van der Waals surface area contributed by atoms with E-state index < -0.39 is 0 Å². The number of benzene rings is 5. The summed E-state index contributed by atoms with van der Waals surface area (Å²) in [5, 5.41) is 14.6. The van der Waals surface area contributed by atoms with Crippen LogP contribution in [0.4, 0.5) is 17.1 Å². The first-order valence-electron chi connectivity index (χ1n) is 9.36. The van der Waals surface area contributed by atoms with Crippen LogP contribution >= 0.6 is 0 Å². The van der Waals surface area contributed by atoms with Crippen LogP contribution in [0.15, 0.2) is 109 Å². The van der Waals surface area contributed by atoms with Crippen molar-refractivity contribution >= 4 is 38.6 Å². The second-order valence-electron chi connectivity index (χ2n) is 6.85. The Balaban J connectivity index is 1.84. The predicted octanol–water partition coefficient (Wildman–Crippen LogP) is 7.17. The molecule has 0 aromatic heterocycles. The standard InChI is InChI=1S/C26H19NO/c28-22-17-15-21(16-18-22)27(25-13-5-9-19-7-1-3-11-23(19)25)26-14-6-10-20-8-2-4-12-24(20)26/h1-18,28H. The molecule has 5 aromatic carbocycles. The maximum absolute atomic E-state index is 9.80. The maximum Gasteiger partial charge on any atom is 0.115 e. The van der Waals surface area contributed by atoms with Crippen LogP contribution in [0.5, 0.6) is 5.75 Å². The van der Waals surface area contributed by atoms with Crippen molar-refractivity contribution in [1.82, 2.24) is 0 Å². The van der Waals surface area contributed by atoms with E-state index in [1.165, 1.54) is 21.5 Å². The van der Waals surface area contributed by atoms with E-state index in [2.05, 4.69) is 89.8 Å². The first-order valence-corrected chi connectivity index (χ1v) is 9.36. The number of hydrogen-bond acceptors (Lipinski definition) is 2. The number of phenols is 1. The monoisotopic (exact) mass is 361 g/mol. The molecule has 0 spiro atoms. The fourth-order valence-electron chi connectivity index (χ4n) is 3.82. The van der Waals surface area contributed by atoms with Crippen molar-refractivity contribution in [3.05, 3.63) is 109 Å². The van der Waals surface area contributed by atoms with E-state index in [1.54, 1.807) is 12.1 Å². The van der Waals surface area contributed by atoms with Crippen LogP contribution in [0.1, 0.15) is 0 Å². The Morgan fingerprint density at radius 1 is 0.464 bits per heavy atom. The van der Waals surface area contributed by atoms with E-state index >= 15 is 0 Å². The highest BCUT2D eigenvalue weighted by Crippen LogP contribution is 2.41. The lowest BCUT2D eigenvalue weighted by Gasteiger charge is -2.28. The number of fused-ring (bicyclic) bond motifs is 2. The van der Waals surface area contributed by atoms with Crippen molar-refractivity contribution in [1.29, 1.82) is 0 Å². The molecule has 0 fully saturated rings. The normalized spacial score (nSPS) is 11.0. The minimum Gasteiger partial charge on any atom is -0.508 e. The third-order valence-corrected chi connectivity index (χ3v) is 5.12. The lowest BCUT2D eigenvalue weighted by molar-refractivity contribution is 0.475. The van der Waals surface area contributed by atoms with E-state index in [1.807, 2.05) is 12.1 Å². The van der Waals surface area contributed by atoms with Gasteiger partial charge in [0.25, 0.3) is 0 Å². The van der Waals surface area contributed by atoms with Gasteiger partial charge in [0.1, 0.15) is 5.75 Å². The largest absolute Gasteiger partial charge is 0.508 e. The van der Waals surface area contributed by atoms with E-state index in [4.69, 9.17) is 0 Å². The van der Waals surface area contributed by atoms with Gasteiger partial charge in [-0.2, -0.15) is 0 Å². The highest BCUT2D eigenvalue weighted by Gasteiger charge is 2.17. The van der Waals surface area contributed by atoms with Gasteiger partial charge in [0.15, 0.2) is 0 Å². The molecular formula is C26H19NO. The summed E-state index contributed by atoms with van der Waals surface area (Å²) in [5.41, 5.74) is 3.23. The zero-order chi connectivity index (χ0) is 18.9. The lowest BCUT2D eigenvalue weighted by Crippen LogP contribution is -2.10. The molecule has 134 valence electrons. The van der Waals surface area contributed by atoms with Crippen LogP contribution in [0.3, 0.4) is 0 Å². The summed E-state index contributed by atoms with van der Waals surface area (Å²) in [6, 6.07) is 37.0. The summed E-state index contributed by atoms with van der Waals surface area (Å²) in [7, 11) is 0.